The van der Waals surface area contributed by atoms with E-state index in [4.69, 9.17) is 4.42 Å². The maximum Gasteiger partial charge on any atom is 0.244 e. The van der Waals surface area contributed by atoms with Crippen molar-refractivity contribution in [1.29, 1.82) is 0 Å². The maximum atomic E-state index is 12.2. The summed E-state index contributed by atoms with van der Waals surface area (Å²) in [6.45, 7) is 0.458. The van der Waals surface area contributed by atoms with E-state index in [9.17, 15) is 13.2 Å². The zero-order chi connectivity index (χ0) is 19.8. The van der Waals surface area contributed by atoms with Crippen LogP contribution in [0, 0.1) is 0 Å². The fourth-order valence-electron chi connectivity index (χ4n) is 2.43. The highest BCUT2D eigenvalue weighted by Gasteiger charge is 2.13. The Hall–Kier alpha value is -3.16. The molecule has 2 N–H and O–H groups in total. The third-order valence-corrected chi connectivity index (χ3v) is 5.30. The summed E-state index contributed by atoms with van der Waals surface area (Å²) >= 11 is 0. The van der Waals surface area contributed by atoms with Gasteiger partial charge in [0, 0.05) is 12.6 Å². The third-order valence-electron chi connectivity index (χ3n) is 3.88. The molecule has 0 aliphatic heterocycles. The van der Waals surface area contributed by atoms with E-state index in [0.717, 1.165) is 5.56 Å². The van der Waals surface area contributed by atoms with Crippen molar-refractivity contribution in [2.24, 2.45) is 0 Å². The minimum absolute atomic E-state index is 0.0191. The molecule has 28 heavy (non-hydrogen) atoms. The summed E-state index contributed by atoms with van der Waals surface area (Å²) < 4.78 is 32.4. The SMILES string of the molecule is O=C(C=Cc1ccc(CNS(=O)(=O)c2ccccc2)o1)NCc1ccccc1. The molecule has 1 heterocycles. The lowest BCUT2D eigenvalue weighted by atomic mass is 10.2. The summed E-state index contributed by atoms with van der Waals surface area (Å²) in [6.07, 6.45) is 2.91. The second-order valence-corrected chi connectivity index (χ2v) is 7.75. The average Bonchev–Trinajstić information content (AvgIpc) is 3.19. The van der Waals surface area contributed by atoms with Gasteiger partial charge < -0.3 is 9.73 Å². The van der Waals surface area contributed by atoms with Crippen molar-refractivity contribution in [3.8, 4) is 0 Å². The summed E-state index contributed by atoms with van der Waals surface area (Å²) in [4.78, 5) is 12.1. The number of hydrogen-bond donors (Lipinski definition) is 2. The lowest BCUT2D eigenvalue weighted by Gasteiger charge is -2.04. The van der Waals surface area contributed by atoms with E-state index in [1.165, 1.54) is 24.3 Å². The molecule has 3 aromatic rings. The lowest BCUT2D eigenvalue weighted by Crippen LogP contribution is -2.22. The molecule has 144 valence electrons. The van der Waals surface area contributed by atoms with Gasteiger partial charge in [-0.15, -0.1) is 0 Å². The molecule has 0 fully saturated rings. The largest absolute Gasteiger partial charge is 0.460 e. The topological polar surface area (TPSA) is 88.4 Å². The van der Waals surface area contributed by atoms with Crippen LogP contribution < -0.4 is 10.0 Å². The van der Waals surface area contributed by atoms with E-state index in [0.29, 0.717) is 18.1 Å². The van der Waals surface area contributed by atoms with E-state index in [1.807, 2.05) is 30.3 Å². The Labute approximate surface area is 163 Å². The van der Waals surface area contributed by atoms with Crippen molar-refractivity contribution in [2.75, 3.05) is 0 Å². The molecule has 0 radical (unpaired) electrons. The van der Waals surface area contributed by atoms with E-state index in [-0.39, 0.29) is 17.3 Å². The van der Waals surface area contributed by atoms with Crippen molar-refractivity contribution in [1.82, 2.24) is 10.0 Å². The zero-order valence-corrected chi connectivity index (χ0v) is 15.9. The van der Waals surface area contributed by atoms with Crippen molar-refractivity contribution in [2.45, 2.75) is 18.0 Å². The predicted molar refractivity (Wildman–Crippen MR) is 106 cm³/mol. The van der Waals surface area contributed by atoms with Crippen molar-refractivity contribution in [3.05, 3.63) is 96.0 Å². The highest BCUT2D eigenvalue weighted by molar-refractivity contribution is 7.89. The van der Waals surface area contributed by atoms with Gasteiger partial charge in [-0.25, -0.2) is 13.1 Å². The first-order chi connectivity index (χ1) is 13.5. The quantitative estimate of drug-likeness (QED) is 0.573. The van der Waals surface area contributed by atoms with Crippen molar-refractivity contribution in [3.63, 3.8) is 0 Å². The summed E-state index contributed by atoms with van der Waals surface area (Å²) in [5.74, 6) is 0.666. The van der Waals surface area contributed by atoms with Crippen LogP contribution in [0.4, 0.5) is 0 Å². The normalized spacial score (nSPS) is 11.6. The monoisotopic (exact) mass is 396 g/mol. The molecule has 2 aromatic carbocycles. The molecule has 7 heteroatoms. The van der Waals surface area contributed by atoms with Gasteiger partial charge in [0.2, 0.25) is 15.9 Å². The molecule has 0 unspecified atom stereocenters. The minimum Gasteiger partial charge on any atom is -0.460 e. The number of benzene rings is 2. The van der Waals surface area contributed by atoms with Crippen LogP contribution in [0.3, 0.4) is 0 Å². The number of hydrogen-bond acceptors (Lipinski definition) is 4. The lowest BCUT2D eigenvalue weighted by molar-refractivity contribution is -0.116. The molecule has 0 aliphatic rings. The Morgan fingerprint density at radius 3 is 2.29 bits per heavy atom. The van der Waals surface area contributed by atoms with Gasteiger partial charge >= 0.3 is 0 Å². The molecule has 0 atom stereocenters. The standard InChI is InChI=1S/C21H20N2O4S/c24-21(22-15-17-7-3-1-4-8-17)14-13-18-11-12-19(27-18)16-23-28(25,26)20-9-5-2-6-10-20/h1-14,23H,15-16H2,(H,22,24). The van der Waals surface area contributed by atoms with Gasteiger partial charge in [-0.05, 0) is 35.9 Å². The molecule has 6 nitrogen and oxygen atoms in total. The van der Waals surface area contributed by atoms with E-state index >= 15 is 0 Å². The van der Waals surface area contributed by atoms with Crippen LogP contribution in [0.5, 0.6) is 0 Å². The summed E-state index contributed by atoms with van der Waals surface area (Å²) in [5.41, 5.74) is 1.01. The van der Waals surface area contributed by atoms with Crippen molar-refractivity contribution < 1.29 is 17.6 Å². The summed E-state index contributed by atoms with van der Waals surface area (Å²) in [6, 6.07) is 21.0. The van der Waals surface area contributed by atoms with Crippen LogP contribution in [0.25, 0.3) is 6.08 Å². The molecule has 0 aliphatic carbocycles. The first-order valence-corrected chi connectivity index (χ1v) is 10.1. The molecule has 3 rings (SSSR count). The first-order valence-electron chi connectivity index (χ1n) is 8.66. The van der Waals surface area contributed by atoms with Crippen LogP contribution in [-0.4, -0.2) is 14.3 Å². The molecule has 0 spiro atoms. The molecule has 0 bridgehead atoms. The molecule has 0 saturated carbocycles. The predicted octanol–water partition coefficient (Wildman–Crippen LogP) is 3.09. The number of rotatable bonds is 8. The number of amides is 1. The van der Waals surface area contributed by atoms with Crippen LogP contribution >= 0.6 is 0 Å². The number of furan rings is 1. The van der Waals surface area contributed by atoms with E-state index < -0.39 is 10.0 Å². The molecule has 0 saturated heterocycles. The summed E-state index contributed by atoms with van der Waals surface area (Å²) in [5, 5.41) is 2.78. The van der Waals surface area contributed by atoms with Crippen LogP contribution in [0.2, 0.25) is 0 Å². The maximum absolute atomic E-state index is 12.2. The Morgan fingerprint density at radius 2 is 1.57 bits per heavy atom. The van der Waals surface area contributed by atoms with Crippen LogP contribution in [0.15, 0.2) is 88.2 Å². The van der Waals surface area contributed by atoms with Crippen molar-refractivity contribution >= 4 is 22.0 Å². The van der Waals surface area contributed by atoms with Gasteiger partial charge in [0.25, 0.3) is 0 Å². The smallest absolute Gasteiger partial charge is 0.244 e. The third kappa shape index (κ3) is 5.67. The van der Waals surface area contributed by atoms with Crippen LogP contribution in [-0.2, 0) is 27.9 Å². The van der Waals surface area contributed by atoms with Crippen LogP contribution in [0.1, 0.15) is 17.1 Å². The Morgan fingerprint density at radius 1 is 0.893 bits per heavy atom. The number of nitrogens with one attached hydrogen (secondary N) is 2. The molecular weight excluding hydrogens is 376 g/mol. The minimum atomic E-state index is -3.60. The Bertz CT molecular complexity index is 1040. The first kappa shape index (κ1) is 19.6. The second kappa shape index (κ2) is 9.16. The number of carbonyl (C=O) groups excluding carboxylic acids is 1. The van der Waals surface area contributed by atoms with Gasteiger partial charge in [-0.1, -0.05) is 48.5 Å². The average molecular weight is 396 g/mol. The highest BCUT2D eigenvalue weighted by Crippen LogP contribution is 2.12. The van der Waals surface area contributed by atoms with E-state index in [1.54, 1.807) is 30.3 Å². The summed E-state index contributed by atoms with van der Waals surface area (Å²) in [7, 11) is -3.60. The Balaban J connectivity index is 1.51. The van der Waals surface area contributed by atoms with Gasteiger partial charge in [0.15, 0.2) is 0 Å². The fourth-order valence-corrected chi connectivity index (χ4v) is 3.44. The second-order valence-electron chi connectivity index (χ2n) is 5.98. The number of carbonyl (C=O) groups is 1. The molecule has 1 aromatic heterocycles. The van der Waals surface area contributed by atoms with Gasteiger partial charge in [-0.2, -0.15) is 0 Å². The number of sulfonamides is 1. The van der Waals surface area contributed by atoms with Gasteiger partial charge in [0.1, 0.15) is 11.5 Å². The fraction of sp³-hybridized carbons (Fsp3) is 0.0952. The van der Waals surface area contributed by atoms with E-state index in [2.05, 4.69) is 10.0 Å². The molecule has 1 amide bonds. The Kier molecular flexibility index (Phi) is 6.41. The zero-order valence-electron chi connectivity index (χ0n) is 15.0. The highest BCUT2D eigenvalue weighted by atomic mass is 32.2. The van der Waals surface area contributed by atoms with Gasteiger partial charge in [-0.3, -0.25) is 4.79 Å². The molecular formula is C21H20N2O4S. The van der Waals surface area contributed by atoms with Gasteiger partial charge in [0.05, 0.1) is 11.4 Å².